The number of carbonyl (C=O) groups excluding carboxylic acids is 2. The summed E-state index contributed by atoms with van der Waals surface area (Å²) in [6.07, 6.45) is -0.971. The third kappa shape index (κ3) is 3.50. The summed E-state index contributed by atoms with van der Waals surface area (Å²) in [4.78, 5) is 25.3. The summed E-state index contributed by atoms with van der Waals surface area (Å²) in [6, 6.07) is 2.13. The van der Waals surface area contributed by atoms with Crippen LogP contribution in [0, 0.1) is 17.6 Å². The molecule has 2 atom stereocenters. The average molecular weight is 326 g/mol. The zero-order chi connectivity index (χ0) is 17.4. The van der Waals surface area contributed by atoms with Crippen LogP contribution in [0.25, 0.3) is 0 Å². The molecule has 23 heavy (non-hydrogen) atoms. The maximum Gasteiger partial charge on any atom is 0.325 e. The van der Waals surface area contributed by atoms with Crippen molar-refractivity contribution in [1.82, 2.24) is 10.2 Å². The van der Waals surface area contributed by atoms with Crippen molar-refractivity contribution in [3.63, 3.8) is 0 Å². The Morgan fingerprint density at radius 2 is 1.96 bits per heavy atom. The van der Waals surface area contributed by atoms with Crippen LogP contribution >= 0.6 is 0 Å². The van der Waals surface area contributed by atoms with Crippen LogP contribution < -0.4 is 5.32 Å². The number of urea groups is 1. The first-order chi connectivity index (χ1) is 10.6. The van der Waals surface area contributed by atoms with Gasteiger partial charge in [-0.25, -0.2) is 13.6 Å². The molecule has 1 aliphatic heterocycles. The minimum absolute atomic E-state index is 0.163. The molecule has 0 bridgehead atoms. The molecule has 0 aromatic heterocycles. The molecule has 2 N–H and O–H groups in total. The topological polar surface area (TPSA) is 69.6 Å². The Bertz CT molecular complexity index is 636. The van der Waals surface area contributed by atoms with E-state index in [4.69, 9.17) is 0 Å². The van der Waals surface area contributed by atoms with Crippen molar-refractivity contribution >= 4 is 11.9 Å². The molecule has 2 unspecified atom stereocenters. The number of imide groups is 1. The summed E-state index contributed by atoms with van der Waals surface area (Å²) in [7, 11) is 0. The van der Waals surface area contributed by atoms with E-state index in [1.807, 2.05) is 13.8 Å². The number of β-amino-alcohol motifs (C(OH)–C–C–N with tert-alkyl or cyclic N) is 1. The van der Waals surface area contributed by atoms with Crippen molar-refractivity contribution < 1.29 is 23.5 Å². The number of nitrogens with zero attached hydrogens (tertiary/aromatic N) is 1. The van der Waals surface area contributed by atoms with E-state index in [9.17, 15) is 23.5 Å². The summed E-state index contributed by atoms with van der Waals surface area (Å²) in [5.74, 6) is -1.96. The second-order valence-electron chi connectivity index (χ2n) is 6.46. The summed E-state index contributed by atoms with van der Waals surface area (Å²) < 4.78 is 26.6. The highest BCUT2D eigenvalue weighted by Gasteiger charge is 2.48. The lowest BCUT2D eigenvalue weighted by molar-refractivity contribution is -0.132. The van der Waals surface area contributed by atoms with Crippen LogP contribution in [-0.2, 0) is 4.79 Å². The zero-order valence-corrected chi connectivity index (χ0v) is 13.3. The van der Waals surface area contributed by atoms with Crippen LogP contribution in [0.15, 0.2) is 18.2 Å². The van der Waals surface area contributed by atoms with E-state index in [-0.39, 0.29) is 18.0 Å². The van der Waals surface area contributed by atoms with E-state index in [0.29, 0.717) is 12.5 Å². The van der Waals surface area contributed by atoms with Crippen LogP contribution in [0.5, 0.6) is 0 Å². The Balaban J connectivity index is 2.16. The first-order valence-corrected chi connectivity index (χ1v) is 7.41. The molecule has 1 saturated heterocycles. The first kappa shape index (κ1) is 17.3. The Labute approximate surface area is 133 Å². The largest absolute Gasteiger partial charge is 0.386 e. The van der Waals surface area contributed by atoms with Crippen molar-refractivity contribution in [1.29, 1.82) is 0 Å². The summed E-state index contributed by atoms with van der Waals surface area (Å²) >= 11 is 0. The van der Waals surface area contributed by atoms with Gasteiger partial charge >= 0.3 is 6.03 Å². The molecule has 2 rings (SSSR count). The van der Waals surface area contributed by atoms with Crippen molar-refractivity contribution in [3.05, 3.63) is 35.4 Å². The maximum atomic E-state index is 13.7. The lowest BCUT2D eigenvalue weighted by atomic mass is 9.91. The molecule has 7 heteroatoms. The standard InChI is InChI=1S/C16H20F2N2O3/c1-9(2)7-16(3)14(22)20(15(23)19-16)8-13(21)11-5-4-10(17)6-12(11)18/h4-6,9,13,21H,7-8H2,1-3H3,(H,19,23). The van der Waals surface area contributed by atoms with E-state index in [1.165, 1.54) is 0 Å². The normalized spacial score (nSPS) is 22.7. The number of halogens is 2. The van der Waals surface area contributed by atoms with E-state index in [1.54, 1.807) is 6.92 Å². The van der Waals surface area contributed by atoms with Gasteiger partial charge in [0.2, 0.25) is 0 Å². The molecule has 0 saturated carbocycles. The van der Waals surface area contributed by atoms with Gasteiger partial charge in [0.25, 0.3) is 5.91 Å². The van der Waals surface area contributed by atoms with Gasteiger partial charge in [-0.3, -0.25) is 9.69 Å². The SMILES string of the molecule is CC(C)CC1(C)NC(=O)N(CC(O)c2ccc(F)cc2F)C1=O. The van der Waals surface area contributed by atoms with Gasteiger partial charge in [-0.05, 0) is 25.3 Å². The number of rotatable bonds is 5. The Morgan fingerprint density at radius 1 is 1.30 bits per heavy atom. The van der Waals surface area contributed by atoms with Crippen LogP contribution in [0.2, 0.25) is 0 Å². The van der Waals surface area contributed by atoms with Gasteiger partial charge in [-0.1, -0.05) is 19.9 Å². The summed E-state index contributed by atoms with van der Waals surface area (Å²) in [5, 5.41) is 12.7. The average Bonchev–Trinajstić information content (AvgIpc) is 2.61. The lowest BCUT2D eigenvalue weighted by Crippen LogP contribution is -2.45. The third-order valence-corrected chi connectivity index (χ3v) is 3.84. The van der Waals surface area contributed by atoms with Gasteiger partial charge in [-0.15, -0.1) is 0 Å². The molecule has 0 aliphatic carbocycles. The molecule has 0 spiro atoms. The molecule has 1 heterocycles. The molecule has 126 valence electrons. The fourth-order valence-electron chi connectivity index (χ4n) is 2.91. The minimum Gasteiger partial charge on any atom is -0.386 e. The smallest absolute Gasteiger partial charge is 0.325 e. The number of aliphatic hydroxyl groups is 1. The number of amides is 3. The van der Waals surface area contributed by atoms with E-state index < -0.39 is 35.2 Å². The van der Waals surface area contributed by atoms with E-state index in [0.717, 1.165) is 17.0 Å². The Morgan fingerprint density at radius 3 is 2.52 bits per heavy atom. The number of nitrogens with one attached hydrogen (secondary N) is 1. The number of hydrogen-bond donors (Lipinski definition) is 2. The number of benzene rings is 1. The van der Waals surface area contributed by atoms with Gasteiger partial charge < -0.3 is 10.4 Å². The van der Waals surface area contributed by atoms with Crippen LogP contribution in [0.3, 0.4) is 0 Å². The zero-order valence-electron chi connectivity index (χ0n) is 13.3. The molecule has 1 aromatic rings. The molecule has 3 amide bonds. The minimum atomic E-state index is -1.42. The van der Waals surface area contributed by atoms with Crippen molar-refractivity contribution in [2.24, 2.45) is 5.92 Å². The van der Waals surface area contributed by atoms with Gasteiger partial charge in [-0.2, -0.15) is 0 Å². The molecule has 1 fully saturated rings. The molecular formula is C16H20F2N2O3. The first-order valence-electron chi connectivity index (χ1n) is 7.41. The van der Waals surface area contributed by atoms with Crippen molar-refractivity contribution in [2.45, 2.75) is 38.8 Å². The van der Waals surface area contributed by atoms with Gasteiger partial charge in [0.05, 0.1) is 12.6 Å². The monoisotopic (exact) mass is 326 g/mol. The summed E-state index contributed by atoms with van der Waals surface area (Å²) in [5.41, 5.74) is -1.20. The fraction of sp³-hybridized carbons (Fsp3) is 0.500. The van der Waals surface area contributed by atoms with Gasteiger partial charge in [0, 0.05) is 11.6 Å². The number of carbonyl (C=O) groups is 2. The fourth-order valence-corrected chi connectivity index (χ4v) is 2.91. The Hall–Kier alpha value is -2.02. The van der Waals surface area contributed by atoms with Gasteiger partial charge in [0.1, 0.15) is 17.2 Å². The van der Waals surface area contributed by atoms with E-state index in [2.05, 4.69) is 5.32 Å². The number of hydrogen-bond acceptors (Lipinski definition) is 3. The highest BCUT2D eigenvalue weighted by Crippen LogP contribution is 2.27. The summed E-state index contributed by atoms with van der Waals surface area (Å²) in [6.45, 7) is 5.09. The quantitative estimate of drug-likeness (QED) is 0.816. The van der Waals surface area contributed by atoms with Crippen molar-refractivity contribution in [3.8, 4) is 0 Å². The highest BCUT2D eigenvalue weighted by molar-refractivity contribution is 6.06. The molecule has 1 aliphatic rings. The highest BCUT2D eigenvalue weighted by atomic mass is 19.1. The molecule has 0 radical (unpaired) electrons. The molecule has 1 aromatic carbocycles. The Kier molecular flexibility index (Phi) is 4.70. The number of aliphatic hydroxyl groups excluding tert-OH is 1. The molecular weight excluding hydrogens is 306 g/mol. The van der Waals surface area contributed by atoms with Crippen molar-refractivity contribution in [2.75, 3.05) is 6.54 Å². The van der Waals surface area contributed by atoms with Crippen LogP contribution in [0.1, 0.15) is 38.9 Å². The second kappa shape index (κ2) is 6.23. The van der Waals surface area contributed by atoms with Crippen LogP contribution in [-0.4, -0.2) is 34.0 Å². The third-order valence-electron chi connectivity index (χ3n) is 3.84. The second-order valence-corrected chi connectivity index (χ2v) is 6.46. The predicted octanol–water partition coefficient (Wildman–Crippen LogP) is 2.35. The van der Waals surface area contributed by atoms with Gasteiger partial charge in [0.15, 0.2) is 0 Å². The van der Waals surface area contributed by atoms with E-state index >= 15 is 0 Å². The van der Waals surface area contributed by atoms with Crippen LogP contribution in [0.4, 0.5) is 13.6 Å². The molecule has 5 nitrogen and oxygen atoms in total. The maximum absolute atomic E-state index is 13.7. The predicted molar refractivity (Wildman–Crippen MR) is 79.4 cm³/mol. The lowest BCUT2D eigenvalue weighted by Gasteiger charge is -2.24.